The second kappa shape index (κ2) is 9.61. The van der Waals surface area contributed by atoms with Crippen LogP contribution in [-0.4, -0.2) is 34.5 Å². The second-order valence-corrected chi connectivity index (χ2v) is 14.8. The Hall–Kier alpha value is -1.03. The molecule has 0 amide bonds. The van der Waals surface area contributed by atoms with E-state index in [0.717, 1.165) is 6.16 Å². The summed E-state index contributed by atoms with van der Waals surface area (Å²) < 4.78 is 19.3. The maximum absolute atomic E-state index is 6.42. The van der Waals surface area contributed by atoms with Crippen LogP contribution in [0, 0.1) is 0 Å². The van der Waals surface area contributed by atoms with Gasteiger partial charge in [-0.15, -0.1) is 0 Å². The minimum Gasteiger partial charge on any atom is -0.342 e. The fourth-order valence-electron chi connectivity index (χ4n) is 3.39. The number of hydrogen-bond acceptors (Lipinski definition) is 3. The van der Waals surface area contributed by atoms with Crippen LogP contribution in [0.25, 0.3) is 0 Å². The molecule has 0 bridgehead atoms. The number of benzene rings is 2. The van der Waals surface area contributed by atoms with E-state index in [-0.39, 0.29) is 0 Å². The topological polar surface area (TPSA) is 27.7 Å². The van der Waals surface area contributed by atoms with Crippen LogP contribution in [0.1, 0.15) is 27.7 Å². The van der Waals surface area contributed by atoms with Gasteiger partial charge in [-0.1, -0.05) is 36.4 Å². The maximum atomic E-state index is 6.42. The molecule has 3 nitrogen and oxygen atoms in total. The van der Waals surface area contributed by atoms with Crippen molar-refractivity contribution in [2.75, 3.05) is 26.0 Å². The highest BCUT2D eigenvalue weighted by Crippen LogP contribution is 2.65. The molecule has 0 radical (unpaired) electrons. The van der Waals surface area contributed by atoms with Gasteiger partial charge in [0.2, 0.25) is 0 Å². The lowest BCUT2D eigenvalue weighted by molar-refractivity contribution is 0.0944. The summed E-state index contributed by atoms with van der Waals surface area (Å²) in [5, 5.41) is 2.59. The molecule has 5 heteroatoms. The molecular formula is C20H30O3PSi+. The highest BCUT2D eigenvalue weighted by molar-refractivity contribution is 8.15. The van der Waals surface area contributed by atoms with Gasteiger partial charge in [0.15, 0.2) is 0 Å². The van der Waals surface area contributed by atoms with Crippen LogP contribution in [0.5, 0.6) is 0 Å². The normalized spacial score (nSPS) is 12.3. The Balaban J connectivity index is 2.79. The monoisotopic (exact) mass is 377 g/mol. The first-order chi connectivity index (χ1) is 12.2. The van der Waals surface area contributed by atoms with Crippen LogP contribution >= 0.6 is 6.81 Å². The van der Waals surface area contributed by atoms with Gasteiger partial charge in [-0.25, -0.2) is 0 Å². The third-order valence-corrected chi connectivity index (χ3v) is 17.0. The summed E-state index contributed by atoms with van der Waals surface area (Å²) in [4.78, 5) is 0. The van der Waals surface area contributed by atoms with E-state index < -0.39 is 15.3 Å². The molecule has 136 valence electrons. The summed E-state index contributed by atoms with van der Waals surface area (Å²) >= 11 is 0. The summed E-state index contributed by atoms with van der Waals surface area (Å²) in [6, 6.07) is 21.4. The Morgan fingerprint density at radius 1 is 0.640 bits per heavy atom. The van der Waals surface area contributed by atoms with Crippen molar-refractivity contribution in [3.05, 3.63) is 60.7 Å². The second-order valence-electron chi connectivity index (χ2n) is 5.62. The van der Waals surface area contributed by atoms with Gasteiger partial charge in [0.25, 0.3) is 0 Å². The van der Waals surface area contributed by atoms with Crippen molar-refractivity contribution in [1.29, 1.82) is 0 Å². The molecule has 2 aromatic rings. The van der Waals surface area contributed by atoms with Crippen LogP contribution in [0.4, 0.5) is 0 Å². The summed E-state index contributed by atoms with van der Waals surface area (Å²) in [6.07, 6.45) is 0.952. The Bertz CT molecular complexity index is 565. The lowest BCUT2D eigenvalue weighted by atomic mass is 10.4. The molecule has 0 spiro atoms. The van der Waals surface area contributed by atoms with E-state index in [4.69, 9.17) is 13.3 Å². The minimum absolute atomic E-state index is 0.591. The standard InChI is InChI=1S/C20H30O3PSi/c1-5-21-25(22-6-2,23-7-3)24(8-4,19-15-11-9-12-16-19)20-17-13-10-14-18-20/h9-18H,5-8H2,1-4H3/q+1. The van der Waals surface area contributed by atoms with Crippen molar-refractivity contribution in [2.45, 2.75) is 27.7 Å². The van der Waals surface area contributed by atoms with Crippen molar-refractivity contribution < 1.29 is 13.3 Å². The molecule has 2 rings (SSSR count). The van der Waals surface area contributed by atoms with Crippen molar-refractivity contribution in [3.63, 3.8) is 0 Å². The first-order valence-electron chi connectivity index (χ1n) is 9.12. The Morgan fingerprint density at radius 2 is 1.00 bits per heavy atom. The zero-order valence-electron chi connectivity index (χ0n) is 15.8. The minimum atomic E-state index is -2.95. The van der Waals surface area contributed by atoms with E-state index in [1.54, 1.807) is 0 Å². The molecule has 0 aliphatic heterocycles. The van der Waals surface area contributed by atoms with Gasteiger partial charge in [0, 0.05) is 19.8 Å². The fraction of sp³-hybridized carbons (Fsp3) is 0.400. The summed E-state index contributed by atoms with van der Waals surface area (Å²) in [7, 11) is -2.95. The van der Waals surface area contributed by atoms with Crippen molar-refractivity contribution >= 4 is 25.9 Å². The molecule has 0 aromatic heterocycles. The maximum Gasteiger partial charge on any atom is 0.707 e. The van der Waals surface area contributed by atoms with E-state index in [9.17, 15) is 0 Å². The average molecular weight is 378 g/mol. The smallest absolute Gasteiger partial charge is 0.342 e. The van der Waals surface area contributed by atoms with Crippen LogP contribution in [-0.2, 0) is 13.3 Å². The molecule has 0 fully saturated rings. The average Bonchev–Trinajstić information content (AvgIpc) is 2.65. The summed E-state index contributed by atoms with van der Waals surface area (Å²) in [5.74, 6) is 0. The third kappa shape index (κ3) is 3.89. The highest BCUT2D eigenvalue weighted by Gasteiger charge is 2.72. The molecule has 0 N–H and O–H groups in total. The van der Waals surface area contributed by atoms with Gasteiger partial charge in [-0.3, -0.25) is 0 Å². The Labute approximate surface area is 153 Å². The SMILES string of the molecule is CCO[Si](OCC)(OCC)[P+](CC)(c1ccccc1)c1ccccc1. The van der Waals surface area contributed by atoms with Crippen LogP contribution in [0.15, 0.2) is 60.7 Å². The van der Waals surface area contributed by atoms with E-state index in [2.05, 4.69) is 67.6 Å². The van der Waals surface area contributed by atoms with Crippen LogP contribution in [0.2, 0.25) is 0 Å². The first-order valence-corrected chi connectivity index (χ1v) is 13.7. The lowest BCUT2D eigenvalue weighted by Gasteiger charge is -2.37. The number of hydrogen-bond donors (Lipinski definition) is 0. The fourth-order valence-corrected chi connectivity index (χ4v) is 15.9. The molecule has 0 aliphatic carbocycles. The Morgan fingerprint density at radius 3 is 1.28 bits per heavy atom. The summed E-state index contributed by atoms with van der Waals surface area (Å²) in [5.41, 5.74) is 0. The van der Waals surface area contributed by atoms with Crippen molar-refractivity contribution in [3.8, 4) is 0 Å². The quantitative estimate of drug-likeness (QED) is 0.458. The molecule has 0 saturated carbocycles. The summed E-state index contributed by atoms with van der Waals surface area (Å²) in [6.45, 7) is 8.10. The molecular weight excluding hydrogens is 347 g/mol. The molecule has 0 unspecified atom stereocenters. The molecule has 0 heterocycles. The van der Waals surface area contributed by atoms with Crippen molar-refractivity contribution in [1.82, 2.24) is 0 Å². The lowest BCUT2D eigenvalue weighted by Crippen LogP contribution is -2.55. The van der Waals surface area contributed by atoms with E-state index in [1.807, 2.05) is 20.8 Å². The molecule has 25 heavy (non-hydrogen) atoms. The van der Waals surface area contributed by atoms with Crippen LogP contribution < -0.4 is 10.6 Å². The Kier molecular flexibility index (Phi) is 7.79. The van der Waals surface area contributed by atoms with Crippen LogP contribution in [0.3, 0.4) is 0 Å². The van der Waals surface area contributed by atoms with Gasteiger partial charge < -0.3 is 13.3 Å². The zero-order chi connectivity index (χ0) is 18.2. The number of rotatable bonds is 10. The predicted molar refractivity (Wildman–Crippen MR) is 110 cm³/mol. The van der Waals surface area contributed by atoms with E-state index >= 15 is 0 Å². The third-order valence-electron chi connectivity index (χ3n) is 4.32. The highest BCUT2D eigenvalue weighted by atomic mass is 31.4. The van der Waals surface area contributed by atoms with Gasteiger partial charge in [0.1, 0.15) is 6.81 Å². The van der Waals surface area contributed by atoms with Gasteiger partial charge >= 0.3 is 8.47 Å². The molecule has 0 saturated heterocycles. The van der Waals surface area contributed by atoms with Gasteiger partial charge in [-0.05, 0) is 52.0 Å². The van der Waals surface area contributed by atoms with Gasteiger partial charge in [0.05, 0.1) is 16.8 Å². The zero-order valence-corrected chi connectivity index (χ0v) is 17.7. The molecule has 0 aliphatic rings. The molecule has 2 aromatic carbocycles. The predicted octanol–water partition coefficient (Wildman–Crippen LogP) is 4.22. The molecule has 0 atom stereocenters. The van der Waals surface area contributed by atoms with E-state index in [1.165, 1.54) is 10.6 Å². The van der Waals surface area contributed by atoms with Crippen molar-refractivity contribution in [2.24, 2.45) is 0 Å². The van der Waals surface area contributed by atoms with Gasteiger partial charge in [-0.2, -0.15) is 0 Å². The largest absolute Gasteiger partial charge is 0.707 e. The first kappa shape index (κ1) is 20.3. The van der Waals surface area contributed by atoms with E-state index in [0.29, 0.717) is 19.8 Å².